The summed E-state index contributed by atoms with van der Waals surface area (Å²) in [5.74, 6) is -14.8. The first-order valence-corrected chi connectivity index (χ1v) is 45.8. The average molecular weight is 2060 g/mol. The zero-order valence-electron chi connectivity index (χ0n) is 75.4. The van der Waals surface area contributed by atoms with Crippen LogP contribution < -0.4 is 31.4 Å². The molecule has 12 aromatic rings. The second-order valence-corrected chi connectivity index (χ2v) is 37.1. The Morgan fingerprint density at radius 2 is 0.667 bits per heavy atom. The number of anilines is 3. The molecule has 3 aliphatic heterocycles. The molecule has 3 N–H and O–H groups in total. The molecule has 0 spiro atoms. The van der Waals surface area contributed by atoms with Gasteiger partial charge in [-0.2, -0.15) is 20.2 Å². The van der Waals surface area contributed by atoms with Crippen LogP contribution in [0.5, 0.6) is 17.2 Å². The highest BCUT2D eigenvalue weighted by molar-refractivity contribution is 6.47. The third-order valence-electron chi connectivity index (χ3n) is 24.0. The molecule has 0 aliphatic carbocycles. The van der Waals surface area contributed by atoms with Crippen molar-refractivity contribution in [3.05, 3.63) is 255 Å². The lowest BCUT2D eigenvalue weighted by Gasteiger charge is -2.41. The first kappa shape index (κ1) is 103. The number of aryl methyl sites for hydroxylation is 3. The molecule has 15 rings (SSSR count). The van der Waals surface area contributed by atoms with E-state index in [9.17, 15) is 73.0 Å². The fourth-order valence-corrected chi connectivity index (χ4v) is 19.5. The highest BCUT2D eigenvalue weighted by Gasteiger charge is 2.40. The van der Waals surface area contributed by atoms with Crippen molar-refractivity contribution in [3.63, 3.8) is 0 Å². The van der Waals surface area contributed by atoms with Crippen LogP contribution in [0.1, 0.15) is 131 Å². The van der Waals surface area contributed by atoms with E-state index in [4.69, 9.17) is 114 Å². The number of piperazine rings is 3. The van der Waals surface area contributed by atoms with Crippen molar-refractivity contribution >= 4 is 172 Å². The Balaban J connectivity index is 0.000000175. The van der Waals surface area contributed by atoms with E-state index < -0.39 is 126 Å². The fourth-order valence-electron chi connectivity index (χ4n) is 17.4. The lowest BCUT2D eigenvalue weighted by molar-refractivity contribution is -0.129. The summed E-state index contributed by atoms with van der Waals surface area (Å²) in [6.07, 6.45) is 8.45. The number of halogens is 15. The Bertz CT molecular complexity index is 6790. The van der Waals surface area contributed by atoms with E-state index in [1.54, 1.807) is 84.1 Å². The van der Waals surface area contributed by atoms with E-state index in [-0.39, 0.29) is 183 Å². The minimum absolute atomic E-state index is 0.0229. The third kappa shape index (κ3) is 18.0. The molecule has 3 saturated heterocycles. The number of nitrogens with zero attached hydrogens (tertiary/aromatic N) is 18. The molecule has 27 nitrogen and oxygen atoms in total. The topological polar surface area (TPSA) is 346 Å². The highest BCUT2D eigenvalue weighted by atomic mass is 35.5. The molecule has 0 radical (unpaired) electrons. The van der Waals surface area contributed by atoms with Crippen molar-refractivity contribution in [2.75, 3.05) is 73.6 Å². The number of amides is 3. The van der Waals surface area contributed by atoms with Gasteiger partial charge in [0.1, 0.15) is 61.9 Å². The number of pyridine rings is 9. The van der Waals surface area contributed by atoms with E-state index in [0.29, 0.717) is 69.0 Å². The van der Waals surface area contributed by atoms with Crippen molar-refractivity contribution in [1.29, 1.82) is 15.8 Å². The SMILES string of the molecule is C=CC(=O)N1CCN(c2c(C#N)c(=O)n(-c3c(C)ccnc3C(C)C)c3nc(-c4c(F)c(Cl)c(Cl)c(O)c4Cl)c(Cl)cc23)C[C@H]1C.C=CC(=O)N1CCN(c2c(C#N)c(=O)n(-c3c(C)ccnc3C(C)C)c3nc(-c4c(F)c(Cl)c(Cl)c(O)c4Cl)c(Cl)cc23)C[C@H]1C.C=CC(=O)N1CCN(c2c(C#N)c(=O)n(-c3c(C)ccnc3C(C)C)c3nc(-c4c(O)c(F)c(F)c(F)c4F)c(Cl)cc23)C[C@H]1C. The van der Waals surface area contributed by atoms with Crippen LogP contribution >= 0.6 is 104 Å². The Labute approximate surface area is 830 Å². The second kappa shape index (κ2) is 40.8. The van der Waals surface area contributed by atoms with Gasteiger partial charge in [-0.25, -0.2) is 36.9 Å². The Kier molecular flexibility index (Phi) is 30.3. The molecular formula is C96H81Cl9F6N18O9. The summed E-state index contributed by atoms with van der Waals surface area (Å²) in [7, 11) is 0. The fraction of sp³-hybridized carbons (Fsp3) is 0.281. The molecular weight excluding hydrogens is 1980 g/mol. The summed E-state index contributed by atoms with van der Waals surface area (Å²) >= 11 is 57.0. The minimum atomic E-state index is -2.23. The molecule has 714 valence electrons. The molecule has 42 heteroatoms. The number of nitriles is 3. The number of aromatic nitrogens is 9. The maximum absolute atomic E-state index is 15.7. The normalized spacial score (nSPS) is 15.0. The van der Waals surface area contributed by atoms with Crippen molar-refractivity contribution in [1.82, 2.24) is 58.3 Å². The Morgan fingerprint density at radius 1 is 0.399 bits per heavy atom. The molecule has 9 aromatic heterocycles. The maximum atomic E-state index is 15.7. The van der Waals surface area contributed by atoms with Gasteiger partial charge in [0, 0.05) is 112 Å². The monoisotopic (exact) mass is 2060 g/mol. The molecule has 0 bridgehead atoms. The smallest absolute Gasteiger partial charge is 0.276 e. The summed E-state index contributed by atoms with van der Waals surface area (Å²) in [5.41, 5.74) is -1.06. The van der Waals surface area contributed by atoms with E-state index in [1.165, 1.54) is 45.6 Å². The van der Waals surface area contributed by atoms with Gasteiger partial charge in [-0.1, -0.05) is 166 Å². The number of hydrogen-bond acceptors (Lipinski definition) is 21. The molecule has 3 fully saturated rings. The third-order valence-corrected chi connectivity index (χ3v) is 27.2. The van der Waals surface area contributed by atoms with Crippen molar-refractivity contribution in [2.45, 2.75) is 119 Å². The van der Waals surface area contributed by atoms with Gasteiger partial charge < -0.3 is 44.7 Å². The van der Waals surface area contributed by atoms with Crippen molar-refractivity contribution in [3.8, 4) is 86.3 Å². The second-order valence-electron chi connectivity index (χ2n) is 33.6. The lowest BCUT2D eigenvalue weighted by atomic mass is 10.0. The van der Waals surface area contributed by atoms with Gasteiger partial charge in [0.25, 0.3) is 16.7 Å². The Morgan fingerprint density at radius 3 is 0.920 bits per heavy atom. The van der Waals surface area contributed by atoms with Gasteiger partial charge in [-0.15, -0.1) is 0 Å². The minimum Gasteiger partial charge on any atom is -0.505 e. The highest BCUT2D eigenvalue weighted by Crippen LogP contribution is 2.52. The zero-order chi connectivity index (χ0) is 101. The first-order valence-electron chi connectivity index (χ1n) is 42.4. The van der Waals surface area contributed by atoms with E-state index >= 15 is 13.2 Å². The maximum Gasteiger partial charge on any atom is 0.276 e. The van der Waals surface area contributed by atoms with Gasteiger partial charge in [0.2, 0.25) is 29.4 Å². The molecule has 3 amide bonds. The summed E-state index contributed by atoms with van der Waals surface area (Å²) < 4.78 is 93.0. The van der Waals surface area contributed by atoms with Gasteiger partial charge in [-0.05, 0) is 131 Å². The number of hydrogen-bond donors (Lipinski definition) is 3. The summed E-state index contributed by atoms with van der Waals surface area (Å²) in [6.45, 7) is 35.0. The predicted molar refractivity (Wildman–Crippen MR) is 523 cm³/mol. The van der Waals surface area contributed by atoms with E-state index in [0.717, 1.165) is 4.57 Å². The van der Waals surface area contributed by atoms with E-state index in [2.05, 4.69) is 51.8 Å². The largest absolute Gasteiger partial charge is 0.505 e. The Hall–Kier alpha value is -12.7. The van der Waals surface area contributed by atoms with Gasteiger partial charge >= 0.3 is 0 Å². The zero-order valence-corrected chi connectivity index (χ0v) is 82.2. The lowest BCUT2D eigenvalue weighted by Crippen LogP contribution is -2.54. The number of fused-ring (bicyclic) bond motifs is 3. The van der Waals surface area contributed by atoms with Crippen LogP contribution in [-0.2, 0) is 14.4 Å². The standard InChI is InChI=1S/2C32H27Cl4FN6O3.C32H27ClF4N6O3/c2*1-6-20(44)42-10-9-41(13-16(42)5)29-17-11-19(33)27(21-22(34)30(45)24(36)23(35)25(21)37)40-31(17)43(32(46)18(29)12-38)28-15(4)7-8-39-26(28)14(2)3;1-6-20(44)42-10-9-41(13-16(42)5)29-17-11-19(33)27(21-22(34)23(35)24(36)25(37)30(21)45)40-31(17)43(32(46)18(29)12-38)28-15(4)7-8-39-26(28)14(2)3/h3*6-8,11,14,16,45H,1,9-10,13H2,2-5H3/t3*16-/m111/s1. The number of benzene rings is 3. The number of phenolic OH excluding ortho intramolecular Hbond substituents is 3. The molecule has 0 unspecified atom stereocenters. The van der Waals surface area contributed by atoms with Crippen LogP contribution in [0, 0.1) is 89.7 Å². The summed E-state index contributed by atoms with van der Waals surface area (Å²) in [5, 5.41) is 59.7. The van der Waals surface area contributed by atoms with Gasteiger partial charge in [-0.3, -0.25) is 57.4 Å². The van der Waals surface area contributed by atoms with Crippen LogP contribution in [0.15, 0.2) is 107 Å². The van der Waals surface area contributed by atoms with Gasteiger partial charge in [0.05, 0.1) is 120 Å². The molecule has 12 heterocycles. The number of rotatable bonds is 15. The van der Waals surface area contributed by atoms with Crippen molar-refractivity contribution < 1.29 is 56.0 Å². The number of carbonyl (C=O) groups is 3. The van der Waals surface area contributed by atoms with E-state index in [1.807, 2.05) is 71.3 Å². The van der Waals surface area contributed by atoms with Crippen LogP contribution in [0.3, 0.4) is 0 Å². The van der Waals surface area contributed by atoms with Crippen molar-refractivity contribution in [2.24, 2.45) is 0 Å². The van der Waals surface area contributed by atoms with Crippen LogP contribution in [0.4, 0.5) is 43.4 Å². The quantitative estimate of drug-likeness (QED) is 0.0371. The molecule has 0 saturated carbocycles. The number of aromatic hydroxyl groups is 3. The van der Waals surface area contributed by atoms with Gasteiger partial charge in [0.15, 0.2) is 40.5 Å². The molecule has 3 aliphatic rings. The van der Waals surface area contributed by atoms with Crippen LogP contribution in [-0.4, -0.2) is 168 Å². The number of phenols is 3. The van der Waals surface area contributed by atoms with Crippen LogP contribution in [0.2, 0.25) is 45.2 Å². The summed E-state index contributed by atoms with van der Waals surface area (Å²) in [6, 6.07) is 14.4. The molecule has 138 heavy (non-hydrogen) atoms. The summed E-state index contributed by atoms with van der Waals surface area (Å²) in [4.78, 5) is 118. The average Bonchev–Trinajstić information content (AvgIpc) is 0.726. The first-order chi connectivity index (χ1) is 65.2. The molecule has 3 atom stereocenters. The number of carbonyl (C=O) groups excluding carboxylic acids is 3. The van der Waals surface area contributed by atoms with Crippen LogP contribution in [0.25, 0.3) is 83.9 Å². The molecule has 3 aromatic carbocycles. The predicted octanol–water partition coefficient (Wildman–Crippen LogP) is 20.8.